The smallest absolute Gasteiger partial charge is 0.253 e. The number of amides is 2. The normalized spacial score (nSPS) is 10.3. The highest BCUT2D eigenvalue weighted by atomic mass is 19.1. The van der Waals surface area contributed by atoms with Gasteiger partial charge in [0.25, 0.3) is 11.8 Å². The Balaban J connectivity index is 1.53. The highest BCUT2D eigenvalue weighted by Gasteiger charge is 2.11. The van der Waals surface area contributed by atoms with E-state index >= 15 is 0 Å². The van der Waals surface area contributed by atoms with Gasteiger partial charge in [-0.1, -0.05) is 18.2 Å². The fourth-order valence-corrected chi connectivity index (χ4v) is 2.55. The van der Waals surface area contributed by atoms with E-state index in [9.17, 15) is 14.0 Å². The molecule has 0 saturated carbocycles. The first-order valence-corrected chi connectivity index (χ1v) is 8.76. The van der Waals surface area contributed by atoms with E-state index in [2.05, 4.69) is 20.6 Å². The second-order valence-electron chi connectivity index (χ2n) is 6.14. The van der Waals surface area contributed by atoms with Crippen molar-refractivity contribution >= 4 is 11.8 Å². The van der Waals surface area contributed by atoms with Crippen molar-refractivity contribution in [3.8, 4) is 0 Å². The van der Waals surface area contributed by atoms with Crippen LogP contribution in [0.4, 0.5) is 4.39 Å². The minimum absolute atomic E-state index is 0.294. The lowest BCUT2D eigenvalue weighted by molar-refractivity contribution is 0.0950. The molecule has 0 fully saturated rings. The zero-order valence-corrected chi connectivity index (χ0v) is 15.1. The van der Waals surface area contributed by atoms with Crippen LogP contribution in [-0.4, -0.2) is 28.3 Å². The molecule has 3 rings (SSSR count). The number of carbonyl (C=O) groups excluding carboxylic acids is 2. The Morgan fingerprint density at radius 2 is 1.57 bits per heavy atom. The first-order valence-electron chi connectivity index (χ1n) is 8.76. The Morgan fingerprint density at radius 3 is 2.25 bits per heavy atom. The highest BCUT2D eigenvalue weighted by Crippen LogP contribution is 2.05. The third-order valence-corrected chi connectivity index (χ3v) is 4.05. The first-order chi connectivity index (χ1) is 13.6. The van der Waals surface area contributed by atoms with Gasteiger partial charge in [0.1, 0.15) is 5.82 Å². The van der Waals surface area contributed by atoms with Crippen LogP contribution < -0.4 is 10.6 Å². The number of pyridine rings is 2. The van der Waals surface area contributed by atoms with E-state index in [1.54, 1.807) is 30.6 Å². The minimum atomic E-state index is -0.323. The van der Waals surface area contributed by atoms with Gasteiger partial charge in [-0.05, 0) is 41.8 Å². The quantitative estimate of drug-likeness (QED) is 0.662. The maximum absolute atomic E-state index is 12.9. The van der Waals surface area contributed by atoms with Gasteiger partial charge in [-0.15, -0.1) is 0 Å². The average Bonchev–Trinajstić information content (AvgIpc) is 2.74. The van der Waals surface area contributed by atoms with Crippen LogP contribution in [0.25, 0.3) is 0 Å². The summed E-state index contributed by atoms with van der Waals surface area (Å²) in [5, 5.41) is 5.54. The van der Waals surface area contributed by atoms with Gasteiger partial charge in [0.2, 0.25) is 0 Å². The number of benzene rings is 1. The van der Waals surface area contributed by atoms with Gasteiger partial charge in [0, 0.05) is 37.9 Å². The Hall–Kier alpha value is -3.61. The van der Waals surface area contributed by atoms with E-state index in [0.29, 0.717) is 30.6 Å². The lowest BCUT2D eigenvalue weighted by Crippen LogP contribution is -2.27. The van der Waals surface area contributed by atoms with Crippen molar-refractivity contribution in [3.05, 3.63) is 95.3 Å². The Kier molecular flexibility index (Phi) is 6.41. The second-order valence-corrected chi connectivity index (χ2v) is 6.14. The number of nitrogens with one attached hydrogen (secondary N) is 2. The van der Waals surface area contributed by atoms with E-state index in [1.165, 1.54) is 30.6 Å². The molecule has 0 radical (unpaired) electrons. The SMILES string of the molecule is O=C(NCCc1ccc(F)cc1)c1cncc(C(=O)NCc2cccnc2)c1. The summed E-state index contributed by atoms with van der Waals surface area (Å²) < 4.78 is 12.9. The number of hydrogen-bond donors (Lipinski definition) is 2. The maximum atomic E-state index is 12.9. The molecule has 7 heteroatoms. The maximum Gasteiger partial charge on any atom is 0.253 e. The summed E-state index contributed by atoms with van der Waals surface area (Å²) in [5.41, 5.74) is 2.39. The van der Waals surface area contributed by atoms with Crippen LogP contribution in [0.1, 0.15) is 31.8 Å². The topological polar surface area (TPSA) is 84.0 Å². The molecule has 1 aromatic carbocycles. The summed E-state index contributed by atoms with van der Waals surface area (Å²) >= 11 is 0. The van der Waals surface area contributed by atoms with Crippen LogP contribution in [0.5, 0.6) is 0 Å². The Labute approximate surface area is 161 Å². The molecule has 2 N–H and O–H groups in total. The average molecular weight is 378 g/mol. The van der Waals surface area contributed by atoms with Crippen molar-refractivity contribution in [2.75, 3.05) is 6.54 Å². The fraction of sp³-hybridized carbons (Fsp3) is 0.143. The summed E-state index contributed by atoms with van der Waals surface area (Å²) in [6, 6.07) is 11.3. The lowest BCUT2D eigenvalue weighted by atomic mass is 10.1. The molecule has 3 aromatic rings. The van der Waals surface area contributed by atoms with Crippen molar-refractivity contribution in [1.82, 2.24) is 20.6 Å². The molecule has 0 saturated heterocycles. The number of rotatable bonds is 7. The van der Waals surface area contributed by atoms with Crippen LogP contribution in [0, 0.1) is 5.82 Å². The highest BCUT2D eigenvalue weighted by molar-refractivity contribution is 5.99. The molecule has 0 unspecified atom stereocenters. The molecule has 6 nitrogen and oxygen atoms in total. The molecule has 0 aliphatic carbocycles. The molecule has 0 aliphatic heterocycles. The molecule has 2 aromatic heterocycles. The largest absolute Gasteiger partial charge is 0.352 e. The number of nitrogens with zero attached hydrogens (tertiary/aromatic N) is 2. The Bertz CT molecular complexity index is 946. The van der Waals surface area contributed by atoms with Crippen molar-refractivity contribution in [1.29, 1.82) is 0 Å². The van der Waals surface area contributed by atoms with Gasteiger partial charge in [-0.25, -0.2) is 4.39 Å². The zero-order chi connectivity index (χ0) is 19.8. The lowest BCUT2D eigenvalue weighted by Gasteiger charge is -2.08. The fourth-order valence-electron chi connectivity index (χ4n) is 2.55. The monoisotopic (exact) mass is 378 g/mol. The van der Waals surface area contributed by atoms with Gasteiger partial charge >= 0.3 is 0 Å². The molecular weight excluding hydrogens is 359 g/mol. The van der Waals surface area contributed by atoms with Crippen LogP contribution >= 0.6 is 0 Å². The van der Waals surface area contributed by atoms with E-state index in [4.69, 9.17) is 0 Å². The standard InChI is InChI=1S/C21H19FN4O2/c22-19-5-3-15(4-6-19)7-9-25-20(27)17-10-18(14-24-13-17)21(28)26-12-16-2-1-8-23-11-16/h1-6,8,10-11,13-14H,7,9,12H2,(H,25,27)(H,26,28). The van der Waals surface area contributed by atoms with Gasteiger partial charge < -0.3 is 10.6 Å². The van der Waals surface area contributed by atoms with E-state index in [0.717, 1.165) is 11.1 Å². The molecule has 2 heterocycles. The predicted molar refractivity (Wildman–Crippen MR) is 102 cm³/mol. The van der Waals surface area contributed by atoms with Crippen molar-refractivity contribution < 1.29 is 14.0 Å². The molecule has 2 amide bonds. The number of halogens is 1. The predicted octanol–water partition coefficient (Wildman–Crippen LogP) is 2.52. The molecule has 0 aliphatic rings. The Morgan fingerprint density at radius 1 is 0.857 bits per heavy atom. The van der Waals surface area contributed by atoms with E-state index < -0.39 is 0 Å². The van der Waals surface area contributed by atoms with Crippen LogP contribution in [0.3, 0.4) is 0 Å². The van der Waals surface area contributed by atoms with Crippen LogP contribution in [-0.2, 0) is 13.0 Å². The second kappa shape index (κ2) is 9.36. The summed E-state index contributed by atoms with van der Waals surface area (Å²) in [6.07, 6.45) is 6.72. The summed E-state index contributed by atoms with van der Waals surface area (Å²) in [5.74, 6) is -0.939. The van der Waals surface area contributed by atoms with Gasteiger partial charge in [0.15, 0.2) is 0 Å². The van der Waals surface area contributed by atoms with Gasteiger partial charge in [-0.2, -0.15) is 0 Å². The molecule has 28 heavy (non-hydrogen) atoms. The number of aromatic nitrogens is 2. The van der Waals surface area contributed by atoms with E-state index in [-0.39, 0.29) is 17.6 Å². The molecular formula is C21H19FN4O2. The third-order valence-electron chi connectivity index (χ3n) is 4.05. The summed E-state index contributed by atoms with van der Waals surface area (Å²) in [4.78, 5) is 32.6. The van der Waals surface area contributed by atoms with Gasteiger partial charge in [-0.3, -0.25) is 19.6 Å². The summed E-state index contributed by atoms with van der Waals surface area (Å²) in [6.45, 7) is 0.725. The van der Waals surface area contributed by atoms with Gasteiger partial charge in [0.05, 0.1) is 11.1 Å². The van der Waals surface area contributed by atoms with Crippen LogP contribution in [0.2, 0.25) is 0 Å². The van der Waals surface area contributed by atoms with Crippen molar-refractivity contribution in [3.63, 3.8) is 0 Å². The molecule has 142 valence electrons. The molecule has 0 spiro atoms. The number of carbonyl (C=O) groups is 2. The van der Waals surface area contributed by atoms with Crippen molar-refractivity contribution in [2.45, 2.75) is 13.0 Å². The number of hydrogen-bond acceptors (Lipinski definition) is 4. The summed E-state index contributed by atoms with van der Waals surface area (Å²) in [7, 11) is 0. The first kappa shape index (κ1) is 19.2. The third kappa shape index (κ3) is 5.44. The molecule has 0 atom stereocenters. The van der Waals surface area contributed by atoms with E-state index in [1.807, 2.05) is 6.07 Å². The zero-order valence-electron chi connectivity index (χ0n) is 15.1. The van der Waals surface area contributed by atoms with Crippen molar-refractivity contribution in [2.24, 2.45) is 0 Å². The molecule has 0 bridgehead atoms. The minimum Gasteiger partial charge on any atom is -0.352 e. The van der Waals surface area contributed by atoms with Crippen LogP contribution in [0.15, 0.2) is 67.3 Å².